The lowest BCUT2D eigenvalue weighted by Gasteiger charge is -2.29. The van der Waals surface area contributed by atoms with Gasteiger partial charge in [0.25, 0.3) is 0 Å². The van der Waals surface area contributed by atoms with Crippen molar-refractivity contribution in [2.24, 2.45) is 5.92 Å². The van der Waals surface area contributed by atoms with Crippen LogP contribution in [0.5, 0.6) is 0 Å². The predicted octanol–water partition coefficient (Wildman–Crippen LogP) is 3.28. The van der Waals surface area contributed by atoms with E-state index in [0.29, 0.717) is 11.8 Å². The van der Waals surface area contributed by atoms with Gasteiger partial charge in [-0.2, -0.15) is 0 Å². The van der Waals surface area contributed by atoms with E-state index in [4.69, 9.17) is 0 Å². The summed E-state index contributed by atoms with van der Waals surface area (Å²) in [7, 11) is -3.58. The van der Waals surface area contributed by atoms with Crippen LogP contribution in [0.4, 0.5) is 0 Å². The standard InChI is InChI=1S/C18H27NO3S/c1-13(2)15-8-10-16(11-9-15)23(21,22)12-18(20)19-17-7-5-4-6-14(17)3/h8-11,13-14,17H,4-7,12H2,1-3H3,(H,19,20)/t14-,17+/m1/s1. The Morgan fingerprint density at radius 3 is 2.35 bits per heavy atom. The van der Waals surface area contributed by atoms with Gasteiger partial charge in [-0.15, -0.1) is 0 Å². The zero-order valence-electron chi connectivity index (χ0n) is 14.2. The van der Waals surface area contributed by atoms with Crippen LogP contribution in [0.15, 0.2) is 29.2 Å². The lowest BCUT2D eigenvalue weighted by molar-refractivity contribution is -0.119. The Kier molecular flexibility index (Phi) is 5.84. The van der Waals surface area contributed by atoms with Gasteiger partial charge in [-0.05, 0) is 42.4 Å². The van der Waals surface area contributed by atoms with Crippen LogP contribution in [0.25, 0.3) is 0 Å². The van der Waals surface area contributed by atoms with Gasteiger partial charge in [0.1, 0.15) is 5.75 Å². The molecule has 0 unspecified atom stereocenters. The summed E-state index contributed by atoms with van der Waals surface area (Å²) in [6.45, 7) is 6.23. The third-order valence-electron chi connectivity index (χ3n) is 4.68. The van der Waals surface area contributed by atoms with Crippen molar-refractivity contribution in [3.05, 3.63) is 29.8 Å². The third kappa shape index (κ3) is 4.80. The lowest BCUT2D eigenvalue weighted by Crippen LogP contribution is -2.43. The van der Waals surface area contributed by atoms with Gasteiger partial charge in [0.05, 0.1) is 4.90 Å². The van der Waals surface area contributed by atoms with E-state index in [0.717, 1.165) is 24.8 Å². The van der Waals surface area contributed by atoms with Gasteiger partial charge in [0, 0.05) is 6.04 Å². The second-order valence-electron chi connectivity index (χ2n) is 6.92. The van der Waals surface area contributed by atoms with Crippen molar-refractivity contribution in [1.29, 1.82) is 0 Å². The number of nitrogens with one attached hydrogen (secondary N) is 1. The minimum Gasteiger partial charge on any atom is -0.352 e. The van der Waals surface area contributed by atoms with Crippen molar-refractivity contribution in [1.82, 2.24) is 5.32 Å². The molecule has 0 spiro atoms. The van der Waals surface area contributed by atoms with Crippen molar-refractivity contribution < 1.29 is 13.2 Å². The van der Waals surface area contributed by atoms with Crippen molar-refractivity contribution in [3.63, 3.8) is 0 Å². The number of carbonyl (C=O) groups excluding carboxylic acids is 1. The van der Waals surface area contributed by atoms with Crippen LogP contribution < -0.4 is 5.32 Å². The van der Waals surface area contributed by atoms with Crippen LogP contribution in [0.3, 0.4) is 0 Å². The lowest BCUT2D eigenvalue weighted by atomic mass is 9.86. The fourth-order valence-corrected chi connectivity index (χ4v) is 4.24. The maximum absolute atomic E-state index is 12.4. The van der Waals surface area contributed by atoms with Gasteiger partial charge in [0.2, 0.25) is 5.91 Å². The summed E-state index contributed by atoms with van der Waals surface area (Å²) in [5, 5.41) is 2.91. The van der Waals surface area contributed by atoms with E-state index in [1.165, 1.54) is 6.42 Å². The Labute approximate surface area is 139 Å². The summed E-state index contributed by atoms with van der Waals surface area (Å²) in [4.78, 5) is 12.3. The van der Waals surface area contributed by atoms with Crippen molar-refractivity contribution in [2.45, 2.75) is 63.3 Å². The first-order valence-electron chi connectivity index (χ1n) is 8.41. The molecule has 1 aromatic carbocycles. The highest BCUT2D eigenvalue weighted by Crippen LogP contribution is 2.24. The number of benzene rings is 1. The number of sulfone groups is 1. The van der Waals surface area contributed by atoms with Crippen LogP contribution in [0.2, 0.25) is 0 Å². The third-order valence-corrected chi connectivity index (χ3v) is 6.32. The molecule has 1 N–H and O–H groups in total. The second kappa shape index (κ2) is 7.47. The molecule has 23 heavy (non-hydrogen) atoms. The van der Waals surface area contributed by atoms with E-state index in [-0.39, 0.29) is 10.9 Å². The quantitative estimate of drug-likeness (QED) is 0.897. The van der Waals surface area contributed by atoms with Crippen molar-refractivity contribution >= 4 is 15.7 Å². The molecule has 4 nitrogen and oxygen atoms in total. The highest BCUT2D eigenvalue weighted by Gasteiger charge is 2.25. The summed E-state index contributed by atoms with van der Waals surface area (Å²) in [6.07, 6.45) is 4.32. The molecule has 2 rings (SSSR count). The highest BCUT2D eigenvalue weighted by molar-refractivity contribution is 7.92. The summed E-state index contributed by atoms with van der Waals surface area (Å²) in [6, 6.07) is 6.94. The average Bonchev–Trinajstić information content (AvgIpc) is 2.49. The van der Waals surface area contributed by atoms with E-state index < -0.39 is 21.5 Å². The van der Waals surface area contributed by atoms with E-state index in [1.807, 2.05) is 12.1 Å². The topological polar surface area (TPSA) is 63.2 Å². The Balaban J connectivity index is 2.01. The van der Waals surface area contributed by atoms with Crippen LogP contribution in [-0.2, 0) is 14.6 Å². The molecule has 1 amide bonds. The average molecular weight is 337 g/mol. The summed E-state index contributed by atoms with van der Waals surface area (Å²) in [5.74, 6) is -0.0997. The normalized spacial score (nSPS) is 22.1. The molecule has 0 heterocycles. The van der Waals surface area contributed by atoms with Crippen LogP contribution >= 0.6 is 0 Å². The zero-order valence-corrected chi connectivity index (χ0v) is 15.0. The number of amides is 1. The predicted molar refractivity (Wildman–Crippen MR) is 92.1 cm³/mol. The first-order valence-corrected chi connectivity index (χ1v) is 10.1. The number of hydrogen-bond donors (Lipinski definition) is 1. The maximum atomic E-state index is 12.4. The minimum absolute atomic E-state index is 0.106. The van der Waals surface area contributed by atoms with E-state index in [2.05, 4.69) is 26.1 Å². The fourth-order valence-electron chi connectivity index (χ4n) is 3.10. The van der Waals surface area contributed by atoms with Gasteiger partial charge in [0.15, 0.2) is 9.84 Å². The minimum atomic E-state index is -3.58. The molecule has 0 saturated heterocycles. The van der Waals surface area contributed by atoms with Gasteiger partial charge >= 0.3 is 0 Å². The fraction of sp³-hybridized carbons (Fsp3) is 0.611. The summed E-state index contributed by atoms with van der Waals surface area (Å²) in [5.41, 5.74) is 1.09. The molecular formula is C18H27NO3S. The first-order chi connectivity index (χ1) is 10.8. The summed E-state index contributed by atoms with van der Waals surface area (Å²) >= 11 is 0. The SMILES string of the molecule is CC(C)c1ccc(S(=O)(=O)CC(=O)N[C@H]2CCCC[C@H]2C)cc1. The molecule has 0 bridgehead atoms. The Bertz CT molecular complexity index is 635. The Hall–Kier alpha value is -1.36. The Morgan fingerprint density at radius 2 is 1.78 bits per heavy atom. The molecule has 1 aromatic rings. The molecule has 1 saturated carbocycles. The van der Waals surface area contributed by atoms with E-state index in [9.17, 15) is 13.2 Å². The molecule has 1 aliphatic carbocycles. The molecule has 0 aromatic heterocycles. The monoisotopic (exact) mass is 337 g/mol. The smallest absolute Gasteiger partial charge is 0.235 e. The first kappa shape index (κ1) is 18.0. The zero-order chi connectivity index (χ0) is 17.0. The van der Waals surface area contributed by atoms with Crippen LogP contribution in [0.1, 0.15) is 57.9 Å². The second-order valence-corrected chi connectivity index (χ2v) is 8.91. The van der Waals surface area contributed by atoms with Gasteiger partial charge in [-0.25, -0.2) is 8.42 Å². The number of rotatable bonds is 5. The molecule has 2 atom stereocenters. The molecular weight excluding hydrogens is 310 g/mol. The maximum Gasteiger partial charge on any atom is 0.235 e. The number of carbonyl (C=O) groups is 1. The largest absolute Gasteiger partial charge is 0.352 e. The van der Waals surface area contributed by atoms with Crippen LogP contribution in [0, 0.1) is 5.92 Å². The van der Waals surface area contributed by atoms with Gasteiger partial charge < -0.3 is 5.32 Å². The van der Waals surface area contributed by atoms with Crippen LogP contribution in [-0.4, -0.2) is 26.1 Å². The molecule has 0 radical (unpaired) electrons. The van der Waals surface area contributed by atoms with Crippen molar-refractivity contribution in [3.8, 4) is 0 Å². The Morgan fingerprint density at radius 1 is 1.17 bits per heavy atom. The van der Waals surface area contributed by atoms with Gasteiger partial charge in [-0.1, -0.05) is 45.7 Å². The summed E-state index contributed by atoms with van der Waals surface area (Å²) < 4.78 is 24.8. The highest BCUT2D eigenvalue weighted by atomic mass is 32.2. The number of hydrogen-bond acceptors (Lipinski definition) is 3. The molecule has 128 valence electrons. The molecule has 5 heteroatoms. The van der Waals surface area contributed by atoms with Gasteiger partial charge in [-0.3, -0.25) is 4.79 Å². The molecule has 0 aliphatic heterocycles. The molecule has 1 aliphatic rings. The van der Waals surface area contributed by atoms with E-state index >= 15 is 0 Å². The van der Waals surface area contributed by atoms with E-state index in [1.54, 1.807) is 12.1 Å². The van der Waals surface area contributed by atoms with Crippen molar-refractivity contribution in [2.75, 3.05) is 5.75 Å². The molecule has 1 fully saturated rings.